The van der Waals surface area contributed by atoms with Crippen molar-refractivity contribution in [3.05, 3.63) is 119 Å². The van der Waals surface area contributed by atoms with Crippen molar-refractivity contribution in [1.29, 1.82) is 0 Å². The minimum absolute atomic E-state index is 0.127. The van der Waals surface area contributed by atoms with E-state index in [1.54, 1.807) is 30.3 Å². The van der Waals surface area contributed by atoms with E-state index in [0.717, 1.165) is 16.7 Å². The first kappa shape index (κ1) is 18.5. The summed E-state index contributed by atoms with van der Waals surface area (Å²) in [6.45, 7) is 0. The van der Waals surface area contributed by atoms with Gasteiger partial charge in [0.1, 0.15) is 11.6 Å². The molecule has 0 bridgehead atoms. The monoisotopic (exact) mass is 412 g/mol. The van der Waals surface area contributed by atoms with Crippen molar-refractivity contribution in [1.82, 2.24) is 0 Å². The van der Waals surface area contributed by atoms with E-state index in [0.29, 0.717) is 32.7 Å². The maximum Gasteiger partial charge on any atom is 0.194 e. The van der Waals surface area contributed by atoms with Crippen LogP contribution in [0.2, 0.25) is 0 Å². The molecule has 30 heavy (non-hydrogen) atoms. The summed E-state index contributed by atoms with van der Waals surface area (Å²) in [5.74, 6) is -0.806. The molecule has 0 N–H and O–H groups in total. The second-order valence-electron chi connectivity index (χ2n) is 7.13. The summed E-state index contributed by atoms with van der Waals surface area (Å²) in [6.07, 6.45) is 0. The van der Waals surface area contributed by atoms with Crippen molar-refractivity contribution in [3.63, 3.8) is 0 Å². The molecule has 144 valence electrons. The van der Waals surface area contributed by atoms with Crippen molar-refractivity contribution in [2.45, 2.75) is 0 Å². The van der Waals surface area contributed by atoms with Crippen LogP contribution in [0.5, 0.6) is 0 Å². The molecule has 5 rings (SSSR count). The van der Waals surface area contributed by atoms with Gasteiger partial charge in [0, 0.05) is 22.3 Å². The largest absolute Gasteiger partial charge is 0.289 e. The Morgan fingerprint density at radius 2 is 1.00 bits per heavy atom. The maximum absolute atomic E-state index is 13.6. The number of halogens is 2. The summed E-state index contributed by atoms with van der Waals surface area (Å²) in [7, 11) is 0. The predicted molar refractivity (Wildman–Crippen MR) is 118 cm³/mol. The van der Waals surface area contributed by atoms with Gasteiger partial charge in [-0.1, -0.05) is 72.9 Å². The van der Waals surface area contributed by atoms with Gasteiger partial charge in [-0.2, -0.15) is 0 Å². The number of hydrogen-bond acceptors (Lipinski definition) is 2. The molecule has 1 aliphatic rings. The molecule has 4 aromatic carbocycles. The lowest BCUT2D eigenvalue weighted by Gasteiger charge is -2.25. The lowest BCUT2D eigenvalue weighted by molar-refractivity contribution is 0.103. The average molecular weight is 412 g/mol. The maximum atomic E-state index is 13.6. The lowest BCUT2D eigenvalue weighted by Crippen LogP contribution is -2.22. The quantitative estimate of drug-likeness (QED) is 0.304. The fourth-order valence-electron chi connectivity index (χ4n) is 3.96. The van der Waals surface area contributed by atoms with Gasteiger partial charge in [-0.3, -0.25) is 4.79 Å². The van der Waals surface area contributed by atoms with Crippen molar-refractivity contribution >= 4 is 22.9 Å². The zero-order valence-corrected chi connectivity index (χ0v) is 16.5. The number of ketones is 1. The van der Waals surface area contributed by atoms with Crippen LogP contribution in [0, 0.1) is 11.6 Å². The first-order valence-electron chi connectivity index (χ1n) is 9.42. The van der Waals surface area contributed by atoms with Gasteiger partial charge in [0.2, 0.25) is 0 Å². The molecule has 0 aliphatic heterocycles. The third kappa shape index (κ3) is 2.88. The van der Waals surface area contributed by atoms with Crippen molar-refractivity contribution in [3.8, 4) is 22.3 Å². The van der Waals surface area contributed by atoms with Crippen molar-refractivity contribution in [2.75, 3.05) is 0 Å². The summed E-state index contributed by atoms with van der Waals surface area (Å²) >= 11 is 5.83. The smallest absolute Gasteiger partial charge is 0.194 e. The molecule has 0 heterocycles. The Balaban J connectivity index is 1.83. The van der Waals surface area contributed by atoms with Crippen LogP contribution in [0.1, 0.15) is 27.0 Å². The van der Waals surface area contributed by atoms with E-state index in [1.807, 2.05) is 30.3 Å². The highest BCUT2D eigenvalue weighted by Crippen LogP contribution is 2.40. The minimum atomic E-state index is -0.345. The summed E-state index contributed by atoms with van der Waals surface area (Å²) < 4.78 is 27.0. The van der Waals surface area contributed by atoms with Gasteiger partial charge < -0.3 is 0 Å². The van der Waals surface area contributed by atoms with E-state index in [9.17, 15) is 13.6 Å². The molecule has 0 amide bonds. The topological polar surface area (TPSA) is 17.1 Å². The first-order valence-corrected chi connectivity index (χ1v) is 9.83. The van der Waals surface area contributed by atoms with Gasteiger partial charge in [-0.05, 0) is 46.5 Å². The molecule has 4 aromatic rings. The fourth-order valence-corrected chi connectivity index (χ4v) is 4.35. The van der Waals surface area contributed by atoms with Gasteiger partial charge in [0.05, 0.1) is 4.86 Å². The molecule has 0 fully saturated rings. The highest BCUT2D eigenvalue weighted by Gasteiger charge is 2.31. The zero-order chi connectivity index (χ0) is 20.8. The Hall–Kier alpha value is -3.50. The molecule has 0 aromatic heterocycles. The zero-order valence-electron chi connectivity index (χ0n) is 15.7. The van der Waals surface area contributed by atoms with Crippen LogP contribution < -0.4 is 0 Å². The van der Waals surface area contributed by atoms with Crippen molar-refractivity contribution in [2.24, 2.45) is 0 Å². The van der Waals surface area contributed by atoms with Crippen LogP contribution in [0.15, 0.2) is 84.9 Å². The standard InChI is InChI=1S/C26H14F2OS/c27-17-9-5-15(6-10-17)19-13-14-20(16-7-11-18(28)12-8-16)24-23(19)25(29)21-3-1-2-4-22(21)26(24)30/h1-14H. The van der Waals surface area contributed by atoms with E-state index in [2.05, 4.69) is 0 Å². The van der Waals surface area contributed by atoms with E-state index >= 15 is 0 Å². The third-order valence-electron chi connectivity index (χ3n) is 5.39. The van der Waals surface area contributed by atoms with Crippen LogP contribution in [0.25, 0.3) is 22.3 Å². The molecule has 0 spiro atoms. The highest BCUT2D eigenvalue weighted by atomic mass is 32.1. The van der Waals surface area contributed by atoms with Gasteiger partial charge in [0.15, 0.2) is 5.78 Å². The number of carbonyl (C=O) groups excluding carboxylic acids is 1. The highest BCUT2D eigenvalue weighted by molar-refractivity contribution is 7.81. The number of thiocarbonyl (C=S) groups is 1. The molecule has 0 atom stereocenters. The van der Waals surface area contributed by atoms with E-state index in [-0.39, 0.29) is 17.4 Å². The average Bonchev–Trinajstić information content (AvgIpc) is 2.78. The molecule has 0 radical (unpaired) electrons. The minimum Gasteiger partial charge on any atom is -0.289 e. The third-order valence-corrected chi connectivity index (χ3v) is 5.81. The molecular weight excluding hydrogens is 398 g/mol. The molecule has 4 heteroatoms. The number of hydrogen-bond donors (Lipinski definition) is 0. The van der Waals surface area contributed by atoms with Crippen LogP contribution in [0.4, 0.5) is 8.78 Å². The van der Waals surface area contributed by atoms with Crippen molar-refractivity contribution < 1.29 is 13.6 Å². The van der Waals surface area contributed by atoms with Gasteiger partial charge >= 0.3 is 0 Å². The van der Waals surface area contributed by atoms with E-state index in [1.165, 1.54) is 24.3 Å². The first-order chi connectivity index (χ1) is 14.5. The van der Waals surface area contributed by atoms with Gasteiger partial charge in [0.25, 0.3) is 0 Å². The summed E-state index contributed by atoms with van der Waals surface area (Å²) in [5.41, 5.74) is 5.37. The van der Waals surface area contributed by atoms with Gasteiger partial charge in [-0.15, -0.1) is 0 Å². The van der Waals surface area contributed by atoms with Crippen LogP contribution in [-0.2, 0) is 0 Å². The molecule has 1 aliphatic carbocycles. The van der Waals surface area contributed by atoms with E-state index in [4.69, 9.17) is 12.2 Å². The SMILES string of the molecule is O=C1c2ccccc2C(=S)c2c(-c3ccc(F)cc3)ccc(-c3ccc(F)cc3)c21. The molecular formula is C26H14F2OS. The Bertz CT molecular complexity index is 1220. The Morgan fingerprint density at radius 3 is 1.53 bits per heavy atom. The predicted octanol–water partition coefficient (Wildman–Crippen LogP) is 6.61. The summed E-state index contributed by atoms with van der Waals surface area (Å²) in [6, 6.07) is 23.2. The van der Waals surface area contributed by atoms with Crippen LogP contribution in [0.3, 0.4) is 0 Å². The second-order valence-corrected chi connectivity index (χ2v) is 7.54. The van der Waals surface area contributed by atoms with Gasteiger partial charge in [-0.25, -0.2) is 8.78 Å². The summed E-state index contributed by atoms with van der Waals surface area (Å²) in [4.78, 5) is 14.1. The number of rotatable bonds is 2. The molecule has 1 nitrogen and oxygen atoms in total. The lowest BCUT2D eigenvalue weighted by atomic mass is 9.78. The number of benzene rings is 4. The Labute approximate surface area is 177 Å². The van der Waals surface area contributed by atoms with E-state index < -0.39 is 0 Å². The fraction of sp³-hybridized carbons (Fsp3) is 0. The number of carbonyl (C=O) groups is 1. The molecule has 0 saturated carbocycles. The second kappa shape index (κ2) is 7.08. The number of fused-ring (bicyclic) bond motifs is 2. The molecule has 0 saturated heterocycles. The Kier molecular flexibility index (Phi) is 4.37. The summed E-state index contributed by atoms with van der Waals surface area (Å²) in [5, 5.41) is 0. The molecule has 0 unspecified atom stereocenters. The van der Waals surface area contributed by atoms with Crippen LogP contribution >= 0.6 is 12.2 Å². The Morgan fingerprint density at radius 1 is 0.533 bits per heavy atom. The van der Waals surface area contributed by atoms with Crippen LogP contribution in [-0.4, -0.2) is 10.6 Å². The normalized spacial score (nSPS) is 12.5.